The van der Waals surface area contributed by atoms with E-state index < -0.39 is 7.12 Å². The summed E-state index contributed by atoms with van der Waals surface area (Å²) < 4.78 is 18.5. The molecule has 0 bridgehead atoms. The number of H-pyrrole nitrogens is 1. The van der Waals surface area contributed by atoms with Crippen LogP contribution < -0.4 is 15.5 Å². The monoisotopic (exact) mass is 394 g/mol. The molecule has 2 aromatic heterocycles. The van der Waals surface area contributed by atoms with Crippen molar-refractivity contribution in [1.82, 2.24) is 25.1 Å². The van der Waals surface area contributed by atoms with Gasteiger partial charge in [-0.15, -0.1) is 0 Å². The third-order valence-electron chi connectivity index (χ3n) is 4.25. The second-order valence-electron chi connectivity index (χ2n) is 6.17. The molecule has 4 N–H and O–H groups in total. The molecule has 0 unspecified atom stereocenters. The van der Waals surface area contributed by atoms with E-state index in [1.165, 1.54) is 19.2 Å². The van der Waals surface area contributed by atoms with E-state index in [1.807, 2.05) is 0 Å². The summed E-state index contributed by atoms with van der Waals surface area (Å²) >= 11 is 0. The number of hydrogen-bond donors (Lipinski definition) is 4. The second kappa shape index (κ2) is 7.82. The molecule has 0 saturated carbocycles. The van der Waals surface area contributed by atoms with E-state index in [4.69, 9.17) is 4.74 Å². The molecule has 2 heterocycles. The minimum atomic E-state index is -1.66. The van der Waals surface area contributed by atoms with Gasteiger partial charge in [0.15, 0.2) is 5.82 Å². The van der Waals surface area contributed by atoms with Gasteiger partial charge in [0, 0.05) is 17.4 Å². The van der Waals surface area contributed by atoms with Crippen molar-refractivity contribution < 1.29 is 19.2 Å². The van der Waals surface area contributed by atoms with Crippen molar-refractivity contribution in [2.24, 2.45) is 0 Å². The molecule has 0 saturated heterocycles. The summed E-state index contributed by atoms with van der Waals surface area (Å²) in [6, 6.07) is 11.3. The Bertz CT molecular complexity index is 1170. The minimum absolute atomic E-state index is 0.0813. The molecule has 11 heteroatoms. The van der Waals surface area contributed by atoms with Gasteiger partial charge in [-0.1, -0.05) is 30.3 Å². The predicted molar refractivity (Wildman–Crippen MR) is 105 cm³/mol. The number of rotatable bonds is 6. The van der Waals surface area contributed by atoms with Crippen molar-refractivity contribution in [1.29, 1.82) is 0 Å². The molecule has 4 rings (SSSR count). The highest BCUT2D eigenvalue weighted by atomic mass is 19.1. The molecule has 146 valence electrons. The van der Waals surface area contributed by atoms with Gasteiger partial charge in [0.05, 0.1) is 12.6 Å². The van der Waals surface area contributed by atoms with Crippen LogP contribution in [0.5, 0.6) is 6.01 Å². The Morgan fingerprint density at radius 2 is 1.97 bits per heavy atom. The molecule has 9 nitrogen and oxygen atoms in total. The topological polar surface area (TPSA) is 129 Å². The van der Waals surface area contributed by atoms with Crippen molar-refractivity contribution in [3.8, 4) is 17.5 Å². The molecule has 0 radical (unpaired) electrons. The summed E-state index contributed by atoms with van der Waals surface area (Å²) in [6.45, 7) is 0.301. The SMILES string of the molecule is COc1nc(NCc2cccc(F)c2)nc(-c2[nH]nc3c(B(O)O)cccc23)n1. The lowest BCUT2D eigenvalue weighted by Crippen LogP contribution is -2.30. The maximum Gasteiger partial charge on any atom is 0.490 e. The number of nitrogens with one attached hydrogen (secondary N) is 2. The molecule has 0 fully saturated rings. The smallest absolute Gasteiger partial charge is 0.467 e. The van der Waals surface area contributed by atoms with Crippen LogP contribution in [-0.2, 0) is 6.54 Å². The Morgan fingerprint density at radius 3 is 2.72 bits per heavy atom. The third-order valence-corrected chi connectivity index (χ3v) is 4.25. The van der Waals surface area contributed by atoms with E-state index in [2.05, 4.69) is 30.5 Å². The lowest BCUT2D eigenvalue weighted by molar-refractivity contribution is 0.379. The number of nitrogens with zero attached hydrogens (tertiary/aromatic N) is 4. The van der Waals surface area contributed by atoms with Crippen LogP contribution in [-0.4, -0.2) is 49.4 Å². The number of fused-ring (bicyclic) bond motifs is 1. The number of aromatic amines is 1. The zero-order valence-electron chi connectivity index (χ0n) is 15.3. The molecular weight excluding hydrogens is 378 g/mol. The lowest BCUT2D eigenvalue weighted by Gasteiger charge is -2.08. The Kier molecular flexibility index (Phi) is 5.06. The number of benzene rings is 2. The zero-order chi connectivity index (χ0) is 20.4. The summed E-state index contributed by atoms with van der Waals surface area (Å²) in [5.41, 5.74) is 1.85. The third kappa shape index (κ3) is 3.86. The number of ether oxygens (including phenoxy) is 1. The highest BCUT2D eigenvalue weighted by Crippen LogP contribution is 2.24. The number of para-hydroxylation sites is 1. The van der Waals surface area contributed by atoms with Gasteiger partial charge < -0.3 is 20.1 Å². The molecule has 0 atom stereocenters. The minimum Gasteiger partial charge on any atom is -0.467 e. The normalized spacial score (nSPS) is 10.9. The number of aromatic nitrogens is 5. The van der Waals surface area contributed by atoms with Crippen molar-refractivity contribution in [2.45, 2.75) is 6.54 Å². The number of hydrogen-bond acceptors (Lipinski definition) is 8. The van der Waals surface area contributed by atoms with Crippen molar-refractivity contribution >= 4 is 29.4 Å². The molecule has 0 aliphatic rings. The van der Waals surface area contributed by atoms with Crippen LogP contribution in [0.15, 0.2) is 42.5 Å². The van der Waals surface area contributed by atoms with E-state index in [-0.39, 0.29) is 29.1 Å². The quantitative estimate of drug-likeness (QED) is 0.355. The van der Waals surface area contributed by atoms with Crippen LogP contribution in [0, 0.1) is 5.82 Å². The number of halogens is 1. The van der Waals surface area contributed by atoms with Gasteiger partial charge in [-0.2, -0.15) is 20.1 Å². The van der Waals surface area contributed by atoms with Gasteiger partial charge in [0.1, 0.15) is 11.5 Å². The first kappa shape index (κ1) is 18.8. The molecule has 2 aromatic carbocycles. The van der Waals surface area contributed by atoms with Crippen molar-refractivity contribution in [3.63, 3.8) is 0 Å². The second-order valence-corrected chi connectivity index (χ2v) is 6.17. The fraction of sp³-hybridized carbons (Fsp3) is 0.111. The fourth-order valence-corrected chi connectivity index (χ4v) is 2.91. The maximum absolute atomic E-state index is 13.4. The average molecular weight is 394 g/mol. The van der Waals surface area contributed by atoms with Crippen LogP contribution in [0.1, 0.15) is 5.56 Å². The highest BCUT2D eigenvalue weighted by molar-refractivity contribution is 6.61. The molecular formula is C18H16BFN6O3. The van der Waals surface area contributed by atoms with Gasteiger partial charge >= 0.3 is 13.1 Å². The highest BCUT2D eigenvalue weighted by Gasteiger charge is 2.20. The summed E-state index contributed by atoms with van der Waals surface area (Å²) in [7, 11) is -0.230. The largest absolute Gasteiger partial charge is 0.490 e. The first-order chi connectivity index (χ1) is 14.0. The summed E-state index contributed by atoms with van der Waals surface area (Å²) in [4.78, 5) is 12.8. The van der Waals surface area contributed by atoms with Gasteiger partial charge in [-0.25, -0.2) is 4.39 Å². The zero-order valence-corrected chi connectivity index (χ0v) is 15.3. The van der Waals surface area contributed by atoms with Crippen LogP contribution in [0.4, 0.5) is 10.3 Å². The van der Waals surface area contributed by atoms with Crippen LogP contribution in [0.2, 0.25) is 0 Å². The van der Waals surface area contributed by atoms with Crippen LogP contribution in [0.3, 0.4) is 0 Å². The average Bonchev–Trinajstić information content (AvgIpc) is 3.16. The van der Waals surface area contributed by atoms with Crippen molar-refractivity contribution in [3.05, 3.63) is 53.8 Å². The van der Waals surface area contributed by atoms with E-state index in [1.54, 1.807) is 30.3 Å². The van der Waals surface area contributed by atoms with E-state index in [0.717, 1.165) is 5.56 Å². The van der Waals surface area contributed by atoms with E-state index >= 15 is 0 Å². The lowest BCUT2D eigenvalue weighted by atomic mass is 9.79. The fourth-order valence-electron chi connectivity index (χ4n) is 2.91. The van der Waals surface area contributed by atoms with Gasteiger partial charge in [-0.05, 0) is 17.7 Å². The maximum atomic E-state index is 13.4. The molecule has 0 amide bonds. The molecule has 4 aromatic rings. The van der Waals surface area contributed by atoms with E-state index in [0.29, 0.717) is 23.1 Å². The van der Waals surface area contributed by atoms with Crippen LogP contribution in [0.25, 0.3) is 22.4 Å². The van der Waals surface area contributed by atoms with Gasteiger partial charge in [-0.3, -0.25) is 5.10 Å². The van der Waals surface area contributed by atoms with Crippen LogP contribution >= 0.6 is 0 Å². The summed E-state index contributed by atoms with van der Waals surface area (Å²) in [5.74, 6) is 0.159. The van der Waals surface area contributed by atoms with Gasteiger partial charge in [0.25, 0.3) is 0 Å². The van der Waals surface area contributed by atoms with Crippen molar-refractivity contribution in [2.75, 3.05) is 12.4 Å². The van der Waals surface area contributed by atoms with E-state index in [9.17, 15) is 14.4 Å². The Balaban J connectivity index is 1.70. The summed E-state index contributed by atoms with van der Waals surface area (Å²) in [6.07, 6.45) is 0. The Morgan fingerprint density at radius 1 is 1.14 bits per heavy atom. The summed E-state index contributed by atoms with van der Waals surface area (Å²) in [5, 5.41) is 29.7. The Hall–Kier alpha value is -3.57. The molecule has 0 aliphatic carbocycles. The predicted octanol–water partition coefficient (Wildman–Crippen LogP) is 0.854. The first-order valence-corrected chi connectivity index (χ1v) is 8.67. The first-order valence-electron chi connectivity index (χ1n) is 8.67. The Labute approximate surface area is 164 Å². The number of methoxy groups -OCH3 is 1. The molecule has 29 heavy (non-hydrogen) atoms. The van der Waals surface area contributed by atoms with Gasteiger partial charge in [0.2, 0.25) is 5.95 Å². The standard InChI is InChI=1S/C18H16BFN6O3/c1-29-18-23-16(15-12-6-3-7-13(19(27)28)14(12)25-26-15)22-17(24-18)21-9-10-4-2-5-11(20)8-10/h2-8,27-28H,9H2,1H3,(H,25,26)(H,21,22,23,24). The number of anilines is 1. The molecule has 0 spiro atoms. The molecule has 0 aliphatic heterocycles.